The van der Waals surface area contributed by atoms with Gasteiger partial charge in [0, 0.05) is 36.6 Å². The van der Waals surface area contributed by atoms with Crippen molar-refractivity contribution in [3.63, 3.8) is 0 Å². The van der Waals surface area contributed by atoms with Crippen LogP contribution in [0.5, 0.6) is 0 Å². The molecular formula is C48H82N4O2. The molecule has 2 aromatic rings. The van der Waals surface area contributed by atoms with Gasteiger partial charge < -0.3 is 10.6 Å². The summed E-state index contributed by atoms with van der Waals surface area (Å²) in [4.78, 5) is 34.7. The Morgan fingerprint density at radius 3 is 0.889 bits per heavy atom. The van der Waals surface area contributed by atoms with E-state index >= 15 is 0 Å². The number of carbonyl (C=O) groups excluding carboxylic acids is 2. The molecule has 2 N–H and O–H groups in total. The molecule has 0 aliphatic carbocycles. The van der Waals surface area contributed by atoms with E-state index in [0.29, 0.717) is 35.6 Å². The van der Waals surface area contributed by atoms with Crippen LogP contribution in [0.4, 0.5) is 0 Å². The Bertz CT molecular complexity index is 1090. The zero-order valence-corrected chi connectivity index (χ0v) is 35.2. The second-order valence-corrected chi connectivity index (χ2v) is 16.0. The highest BCUT2D eigenvalue weighted by Gasteiger charge is 2.12. The Morgan fingerprint density at radius 1 is 0.389 bits per heavy atom. The lowest BCUT2D eigenvalue weighted by atomic mass is 10.0. The van der Waals surface area contributed by atoms with E-state index in [0.717, 1.165) is 25.7 Å². The molecule has 0 aliphatic rings. The van der Waals surface area contributed by atoms with Crippen molar-refractivity contribution in [3.8, 4) is 11.4 Å². The van der Waals surface area contributed by atoms with Crippen molar-refractivity contribution in [3.05, 3.63) is 47.8 Å². The maximum Gasteiger partial charge on any atom is 0.251 e. The molecule has 0 saturated carbocycles. The first-order valence-electron chi connectivity index (χ1n) is 23.1. The number of nitrogens with one attached hydrogen (secondary N) is 2. The maximum atomic E-state index is 12.9. The molecular weight excluding hydrogens is 665 g/mol. The van der Waals surface area contributed by atoms with Crippen molar-refractivity contribution in [1.29, 1.82) is 0 Å². The van der Waals surface area contributed by atoms with Gasteiger partial charge in [-0.05, 0) is 37.1 Å². The number of hydrogen-bond acceptors (Lipinski definition) is 4. The van der Waals surface area contributed by atoms with E-state index in [1.165, 1.54) is 180 Å². The minimum Gasteiger partial charge on any atom is -0.352 e. The summed E-state index contributed by atoms with van der Waals surface area (Å²) in [6.45, 7) is 5.93. The molecule has 0 unspecified atom stereocenters. The van der Waals surface area contributed by atoms with Crippen LogP contribution in [0.1, 0.15) is 240 Å². The quantitative estimate of drug-likeness (QED) is 0.0674. The highest BCUT2D eigenvalue weighted by Crippen LogP contribution is 2.18. The molecule has 6 nitrogen and oxygen atoms in total. The number of unbranched alkanes of at least 4 members (excludes halogenated alkanes) is 30. The van der Waals surface area contributed by atoms with Crippen molar-refractivity contribution in [2.45, 2.75) is 219 Å². The van der Waals surface area contributed by atoms with Gasteiger partial charge in [0.05, 0.1) is 11.4 Å². The van der Waals surface area contributed by atoms with Crippen LogP contribution in [-0.2, 0) is 0 Å². The molecule has 0 atom stereocenters. The van der Waals surface area contributed by atoms with Gasteiger partial charge in [0.2, 0.25) is 0 Å². The fraction of sp³-hybridized carbons (Fsp3) is 0.750. The second-order valence-electron chi connectivity index (χ2n) is 16.0. The third-order valence-electron chi connectivity index (χ3n) is 10.9. The third-order valence-corrected chi connectivity index (χ3v) is 10.9. The Hall–Kier alpha value is -2.76. The largest absolute Gasteiger partial charge is 0.352 e. The molecule has 6 heteroatoms. The normalized spacial score (nSPS) is 11.2. The van der Waals surface area contributed by atoms with Crippen LogP contribution in [0, 0.1) is 0 Å². The number of amides is 2. The summed E-state index contributed by atoms with van der Waals surface area (Å²) in [5.41, 5.74) is 2.32. The summed E-state index contributed by atoms with van der Waals surface area (Å²) < 4.78 is 0. The average Bonchev–Trinajstić information content (AvgIpc) is 3.20. The summed E-state index contributed by atoms with van der Waals surface area (Å²) in [7, 11) is 0. The average molecular weight is 747 g/mol. The van der Waals surface area contributed by atoms with Gasteiger partial charge in [0.25, 0.3) is 11.8 Å². The SMILES string of the molecule is CCCCCCCCCCCCCCCCCCNC(=O)c1ccnc(-c2cc(C(=O)NCCCCCCCCCCCCCCCCCC)ccn2)c1. The highest BCUT2D eigenvalue weighted by molar-refractivity contribution is 5.96. The molecule has 54 heavy (non-hydrogen) atoms. The smallest absolute Gasteiger partial charge is 0.251 e. The molecule has 0 aromatic carbocycles. The van der Waals surface area contributed by atoms with Crippen molar-refractivity contribution in [2.75, 3.05) is 13.1 Å². The number of pyridine rings is 2. The number of carbonyl (C=O) groups is 2. The molecule has 0 saturated heterocycles. The lowest BCUT2D eigenvalue weighted by Gasteiger charge is -2.08. The molecule has 2 aromatic heterocycles. The summed E-state index contributed by atoms with van der Waals surface area (Å²) in [5, 5.41) is 6.14. The number of hydrogen-bond donors (Lipinski definition) is 2. The van der Waals surface area contributed by atoms with E-state index < -0.39 is 0 Å². The van der Waals surface area contributed by atoms with Gasteiger partial charge in [-0.2, -0.15) is 0 Å². The van der Waals surface area contributed by atoms with Gasteiger partial charge in [-0.25, -0.2) is 0 Å². The zero-order valence-electron chi connectivity index (χ0n) is 35.2. The summed E-state index contributed by atoms with van der Waals surface area (Å²) >= 11 is 0. The first kappa shape index (κ1) is 47.4. The molecule has 0 bridgehead atoms. The van der Waals surface area contributed by atoms with Crippen LogP contribution >= 0.6 is 0 Å². The molecule has 2 rings (SSSR count). The summed E-state index contributed by atoms with van der Waals surface area (Å²) in [6.07, 6.45) is 46.1. The number of aromatic nitrogens is 2. The van der Waals surface area contributed by atoms with Crippen LogP contribution in [0.3, 0.4) is 0 Å². The third kappa shape index (κ3) is 25.3. The van der Waals surface area contributed by atoms with E-state index in [1.54, 1.807) is 36.7 Å². The second kappa shape index (κ2) is 34.7. The van der Waals surface area contributed by atoms with Crippen molar-refractivity contribution in [2.24, 2.45) is 0 Å². The predicted octanol–water partition coefficient (Wildman–Crippen LogP) is 14.1. The van der Waals surface area contributed by atoms with E-state index in [9.17, 15) is 9.59 Å². The Labute approximate surface area is 332 Å². The maximum absolute atomic E-state index is 12.9. The fourth-order valence-electron chi connectivity index (χ4n) is 7.38. The van der Waals surface area contributed by atoms with E-state index in [1.807, 2.05) is 0 Å². The topological polar surface area (TPSA) is 84.0 Å². The molecule has 0 radical (unpaired) electrons. The number of rotatable bonds is 37. The van der Waals surface area contributed by atoms with Gasteiger partial charge in [0.15, 0.2) is 0 Å². The predicted molar refractivity (Wildman–Crippen MR) is 231 cm³/mol. The number of nitrogens with zero attached hydrogens (tertiary/aromatic N) is 2. The molecule has 0 fully saturated rings. The van der Waals surface area contributed by atoms with Crippen molar-refractivity contribution in [1.82, 2.24) is 20.6 Å². The monoisotopic (exact) mass is 747 g/mol. The van der Waals surface area contributed by atoms with Crippen LogP contribution < -0.4 is 10.6 Å². The van der Waals surface area contributed by atoms with Gasteiger partial charge in [-0.1, -0.05) is 206 Å². The fourth-order valence-corrected chi connectivity index (χ4v) is 7.38. The van der Waals surface area contributed by atoms with Crippen LogP contribution in [0.25, 0.3) is 11.4 Å². The van der Waals surface area contributed by atoms with Crippen molar-refractivity contribution >= 4 is 11.8 Å². The first-order chi connectivity index (χ1) is 26.7. The molecule has 0 aliphatic heterocycles. The molecule has 0 spiro atoms. The molecule has 2 amide bonds. The van der Waals surface area contributed by atoms with Gasteiger partial charge in [0.1, 0.15) is 0 Å². The Kier molecular flexibility index (Phi) is 30.5. The lowest BCUT2D eigenvalue weighted by molar-refractivity contribution is 0.0944. The molecule has 306 valence electrons. The van der Waals surface area contributed by atoms with Crippen LogP contribution in [-0.4, -0.2) is 34.9 Å². The van der Waals surface area contributed by atoms with Gasteiger partial charge in [-0.15, -0.1) is 0 Å². The highest BCUT2D eigenvalue weighted by atomic mass is 16.2. The Morgan fingerprint density at radius 2 is 0.630 bits per heavy atom. The zero-order chi connectivity index (χ0) is 38.6. The van der Waals surface area contributed by atoms with Crippen LogP contribution in [0.15, 0.2) is 36.7 Å². The van der Waals surface area contributed by atoms with Crippen LogP contribution in [0.2, 0.25) is 0 Å². The minimum absolute atomic E-state index is 0.0905. The van der Waals surface area contributed by atoms with Gasteiger partial charge >= 0.3 is 0 Å². The standard InChI is InChI=1S/C48H82N4O2/c1-3-5-7-9-11-13-15-17-19-21-23-25-27-29-31-33-37-51-47(53)43-35-39-49-45(41-43)46-42-44(36-40-50-46)48(54)52-38-34-32-30-28-26-24-22-20-18-16-14-12-10-8-6-4-2/h35-36,39-42H,3-34,37-38H2,1-2H3,(H,51,53)(H,52,54). The molecule has 2 heterocycles. The lowest BCUT2D eigenvalue weighted by Crippen LogP contribution is -2.24. The van der Waals surface area contributed by atoms with E-state index in [2.05, 4.69) is 34.4 Å². The summed E-state index contributed by atoms with van der Waals surface area (Å²) in [6, 6.07) is 7.01. The Balaban J connectivity index is 1.50. The summed E-state index contributed by atoms with van der Waals surface area (Å²) in [5.74, 6) is -0.181. The van der Waals surface area contributed by atoms with Gasteiger partial charge in [-0.3, -0.25) is 19.6 Å². The first-order valence-corrected chi connectivity index (χ1v) is 23.1. The van der Waals surface area contributed by atoms with E-state index in [4.69, 9.17) is 0 Å². The minimum atomic E-state index is -0.0905. The van der Waals surface area contributed by atoms with E-state index in [-0.39, 0.29) is 11.8 Å². The van der Waals surface area contributed by atoms with Crippen molar-refractivity contribution < 1.29 is 9.59 Å².